The number of aromatic nitrogens is 6. The lowest BCUT2D eigenvalue weighted by molar-refractivity contribution is 1.01. The molecular weight excluding hydrogens is 929 g/mol. The first-order chi connectivity index (χ1) is 37.6. The molecule has 0 radical (unpaired) electrons. The van der Waals surface area contributed by atoms with E-state index in [-0.39, 0.29) is 0 Å². The highest BCUT2D eigenvalue weighted by atomic mass is 15.2. The number of anilines is 6. The normalized spacial score (nSPS) is 14.3. The van der Waals surface area contributed by atoms with Crippen molar-refractivity contribution in [2.24, 2.45) is 0 Å². The number of benzene rings is 8. The topological polar surface area (TPSA) is 83.8 Å². The molecule has 0 unspecified atom stereocenters. The SMILES string of the molecule is C1=CC(c2nc(-c3ccccc3)nc(-c3ccc(N4c5ccccc5Cc5ccc(-c6ccc7c(c6)N(c6ccc(-c8nc(C9=CCCC=C9)nc(-c9ccccc9)n8)cc6)c6ccccc6C7)cc54)cc3)n2)=CCC1. The van der Waals surface area contributed by atoms with Crippen LogP contribution >= 0.6 is 0 Å². The molecule has 8 heteroatoms. The van der Waals surface area contributed by atoms with E-state index in [9.17, 15) is 0 Å². The second kappa shape index (κ2) is 19.3. The van der Waals surface area contributed by atoms with E-state index in [1.807, 2.05) is 36.4 Å². The molecule has 0 amide bonds. The Morgan fingerprint density at radius 2 is 0.618 bits per heavy atom. The fraction of sp³-hybridized carbons (Fsp3) is 0.0882. The molecule has 2 aliphatic carbocycles. The number of hydrogen-bond donors (Lipinski definition) is 0. The maximum atomic E-state index is 5.06. The fourth-order valence-corrected chi connectivity index (χ4v) is 11.0. The Balaban J connectivity index is 0.818. The van der Waals surface area contributed by atoms with Crippen LogP contribution in [-0.2, 0) is 12.8 Å². The third kappa shape index (κ3) is 8.49. The van der Waals surface area contributed by atoms with Crippen molar-refractivity contribution < 1.29 is 0 Å². The van der Waals surface area contributed by atoms with E-state index in [2.05, 4.69) is 204 Å². The van der Waals surface area contributed by atoms with E-state index in [0.29, 0.717) is 34.9 Å². The van der Waals surface area contributed by atoms with Gasteiger partial charge in [-0.05, 0) is 132 Å². The minimum absolute atomic E-state index is 0.650. The highest BCUT2D eigenvalue weighted by molar-refractivity contribution is 5.90. The van der Waals surface area contributed by atoms with Crippen LogP contribution in [0, 0.1) is 0 Å². The first-order valence-electron chi connectivity index (χ1n) is 26.2. The Kier molecular flexibility index (Phi) is 11.4. The zero-order valence-electron chi connectivity index (χ0n) is 41.8. The third-order valence-electron chi connectivity index (χ3n) is 14.8. The van der Waals surface area contributed by atoms with E-state index >= 15 is 0 Å². The lowest BCUT2D eigenvalue weighted by Crippen LogP contribution is -2.19. The van der Waals surface area contributed by atoms with Crippen LogP contribution in [0.2, 0.25) is 0 Å². The number of nitrogens with zero attached hydrogens (tertiary/aromatic N) is 8. The average molecular weight is 979 g/mol. The van der Waals surface area contributed by atoms with Crippen molar-refractivity contribution in [3.8, 4) is 56.7 Å². The van der Waals surface area contributed by atoms with Crippen molar-refractivity contribution in [1.29, 1.82) is 0 Å². The quantitative estimate of drug-likeness (QED) is 0.141. The van der Waals surface area contributed by atoms with Gasteiger partial charge in [-0.15, -0.1) is 0 Å². The summed E-state index contributed by atoms with van der Waals surface area (Å²) in [6, 6.07) is 69.2. The van der Waals surface area contributed by atoms with Gasteiger partial charge in [0, 0.05) is 69.0 Å². The lowest BCUT2D eigenvalue weighted by atomic mass is 9.90. The molecule has 2 aromatic heterocycles. The summed E-state index contributed by atoms with van der Waals surface area (Å²) in [6.07, 6.45) is 18.8. The van der Waals surface area contributed by atoms with E-state index in [1.165, 1.54) is 33.6 Å². The van der Waals surface area contributed by atoms with Gasteiger partial charge in [0.1, 0.15) is 0 Å². The van der Waals surface area contributed by atoms with Gasteiger partial charge in [-0.1, -0.05) is 158 Å². The van der Waals surface area contributed by atoms with Gasteiger partial charge in [0.05, 0.1) is 11.4 Å². The summed E-state index contributed by atoms with van der Waals surface area (Å²) in [5.74, 6) is 4.01. The van der Waals surface area contributed by atoms with Crippen LogP contribution in [0.25, 0.3) is 67.8 Å². The molecule has 8 nitrogen and oxygen atoms in total. The second-order valence-corrected chi connectivity index (χ2v) is 19.7. The van der Waals surface area contributed by atoms with Gasteiger partial charge in [0.15, 0.2) is 34.9 Å². The van der Waals surface area contributed by atoms with E-state index in [0.717, 1.165) is 106 Å². The summed E-state index contributed by atoms with van der Waals surface area (Å²) in [5, 5.41) is 0. The zero-order valence-corrected chi connectivity index (χ0v) is 41.8. The Morgan fingerprint density at radius 1 is 0.276 bits per heavy atom. The van der Waals surface area contributed by atoms with Crippen molar-refractivity contribution in [3.63, 3.8) is 0 Å². The maximum absolute atomic E-state index is 5.06. The molecule has 0 atom stereocenters. The highest BCUT2D eigenvalue weighted by Crippen LogP contribution is 2.48. The van der Waals surface area contributed by atoms with Crippen LogP contribution in [-0.4, -0.2) is 29.9 Å². The number of fused-ring (bicyclic) bond motifs is 4. The first-order valence-corrected chi connectivity index (χ1v) is 26.2. The van der Waals surface area contributed by atoms with Gasteiger partial charge in [-0.2, -0.15) is 0 Å². The molecular formula is C68H50N8. The first kappa shape index (κ1) is 45.0. The Bertz CT molecular complexity index is 3730. The van der Waals surface area contributed by atoms with Gasteiger partial charge in [-0.3, -0.25) is 0 Å². The van der Waals surface area contributed by atoms with Gasteiger partial charge in [-0.25, -0.2) is 29.9 Å². The highest BCUT2D eigenvalue weighted by Gasteiger charge is 2.28. The number of allylic oxidation sites excluding steroid dienone is 8. The summed E-state index contributed by atoms with van der Waals surface area (Å²) >= 11 is 0. The Hall–Kier alpha value is -9.66. The molecule has 14 rings (SSSR count). The van der Waals surface area contributed by atoms with E-state index in [1.54, 1.807) is 0 Å². The van der Waals surface area contributed by atoms with Crippen molar-refractivity contribution in [3.05, 3.63) is 264 Å². The van der Waals surface area contributed by atoms with Gasteiger partial charge >= 0.3 is 0 Å². The standard InChI is InChI=1S/C68H50N8/c1-5-17-45(18-6-1)63-69-64(46-19-7-2-8-20-46)72-67(71-63)49-33-37-57(38-34-49)75-59-27-15-13-25-53(59)41-55-31-29-51(43-61(55)75)52-30-32-56-42-54-26-14-16-28-60(54)76(62(56)44-52)58-39-35-50(36-40-58)68-73-65(47-21-9-3-10-22-47)70-66(74-68)48-23-11-4-12-24-48/h1,3,5-7,9-11,13-40,43-44H,2,4,8,12,41-42H2. The lowest BCUT2D eigenvalue weighted by Gasteiger charge is -2.35. The summed E-state index contributed by atoms with van der Waals surface area (Å²) in [6.45, 7) is 0. The molecule has 2 aliphatic heterocycles. The molecule has 4 aliphatic rings. The van der Waals surface area contributed by atoms with E-state index < -0.39 is 0 Å². The van der Waals surface area contributed by atoms with Crippen molar-refractivity contribution in [2.75, 3.05) is 9.80 Å². The molecule has 0 saturated carbocycles. The summed E-state index contributed by atoms with van der Waals surface area (Å²) in [4.78, 5) is 34.9. The molecule has 362 valence electrons. The predicted molar refractivity (Wildman–Crippen MR) is 308 cm³/mol. The smallest absolute Gasteiger partial charge is 0.164 e. The van der Waals surface area contributed by atoms with Gasteiger partial charge in [0.25, 0.3) is 0 Å². The van der Waals surface area contributed by atoms with Crippen LogP contribution in [0.4, 0.5) is 34.1 Å². The van der Waals surface area contributed by atoms with Crippen LogP contribution in [0.1, 0.15) is 59.6 Å². The molecule has 4 heterocycles. The minimum Gasteiger partial charge on any atom is -0.310 e. The Labute approximate surface area is 442 Å². The summed E-state index contributed by atoms with van der Waals surface area (Å²) in [7, 11) is 0. The molecule has 0 spiro atoms. The average Bonchev–Trinajstić information content (AvgIpc) is 3.55. The largest absolute Gasteiger partial charge is 0.310 e. The summed E-state index contributed by atoms with van der Waals surface area (Å²) in [5.41, 5.74) is 20.1. The second-order valence-electron chi connectivity index (χ2n) is 19.7. The predicted octanol–water partition coefficient (Wildman–Crippen LogP) is 16.6. The third-order valence-corrected chi connectivity index (χ3v) is 14.8. The van der Waals surface area contributed by atoms with Crippen LogP contribution in [0.15, 0.2) is 231 Å². The van der Waals surface area contributed by atoms with Crippen LogP contribution in [0.5, 0.6) is 0 Å². The monoisotopic (exact) mass is 978 g/mol. The van der Waals surface area contributed by atoms with E-state index in [4.69, 9.17) is 29.9 Å². The fourth-order valence-electron chi connectivity index (χ4n) is 11.0. The molecule has 10 aromatic rings. The molecule has 8 aromatic carbocycles. The number of hydrogen-bond acceptors (Lipinski definition) is 8. The Morgan fingerprint density at radius 3 is 1.01 bits per heavy atom. The number of rotatable bonds is 9. The molecule has 0 saturated heterocycles. The zero-order chi connectivity index (χ0) is 50.4. The maximum Gasteiger partial charge on any atom is 0.164 e. The van der Waals surface area contributed by atoms with Crippen molar-refractivity contribution in [2.45, 2.75) is 38.5 Å². The van der Waals surface area contributed by atoms with Gasteiger partial charge < -0.3 is 9.80 Å². The number of para-hydroxylation sites is 2. The van der Waals surface area contributed by atoms with Crippen LogP contribution < -0.4 is 9.80 Å². The molecule has 76 heavy (non-hydrogen) atoms. The minimum atomic E-state index is 0.650. The molecule has 0 fully saturated rings. The van der Waals surface area contributed by atoms with Gasteiger partial charge in [0.2, 0.25) is 0 Å². The molecule has 0 bridgehead atoms. The van der Waals surface area contributed by atoms with Crippen molar-refractivity contribution in [1.82, 2.24) is 29.9 Å². The van der Waals surface area contributed by atoms with Crippen molar-refractivity contribution >= 4 is 45.3 Å². The molecule has 0 N–H and O–H groups in total. The van der Waals surface area contributed by atoms with Crippen LogP contribution in [0.3, 0.4) is 0 Å². The summed E-state index contributed by atoms with van der Waals surface area (Å²) < 4.78 is 0.